The molecule has 0 bridgehead atoms. The Morgan fingerprint density at radius 3 is 2.60 bits per heavy atom. The monoisotopic (exact) mass is 252 g/mol. The van der Waals surface area contributed by atoms with E-state index in [1.807, 2.05) is 7.11 Å². The first kappa shape index (κ1) is 10.7. The minimum atomic E-state index is -1.29. The third-order valence-electron chi connectivity index (χ3n) is 1.54. The van der Waals surface area contributed by atoms with Crippen molar-refractivity contribution in [1.29, 1.82) is 0 Å². The summed E-state index contributed by atoms with van der Waals surface area (Å²) in [7, 11) is 1.83. The first-order valence-electron chi connectivity index (χ1n) is 3.78. The molecule has 0 rings (SSSR count). The molecule has 0 saturated heterocycles. The summed E-state index contributed by atoms with van der Waals surface area (Å²) in [5.41, 5.74) is 5.60. The van der Waals surface area contributed by atoms with Crippen LogP contribution in [0.15, 0.2) is 0 Å². The SMILES string of the molecule is C[O][Sn+]([CH3])[CH2]CCC(C)N. The molecule has 0 fully saturated rings. The Kier molecular flexibility index (Phi) is 6.89. The molecule has 60 valence electrons. The van der Waals surface area contributed by atoms with Crippen molar-refractivity contribution in [1.82, 2.24) is 0 Å². The van der Waals surface area contributed by atoms with Gasteiger partial charge < -0.3 is 0 Å². The van der Waals surface area contributed by atoms with Crippen LogP contribution in [0.1, 0.15) is 19.8 Å². The maximum atomic E-state index is 5.60. The molecule has 0 aliphatic rings. The zero-order chi connectivity index (χ0) is 7.98. The van der Waals surface area contributed by atoms with E-state index < -0.39 is 20.2 Å². The van der Waals surface area contributed by atoms with Crippen molar-refractivity contribution in [2.75, 3.05) is 7.11 Å². The van der Waals surface area contributed by atoms with Gasteiger partial charge in [0.1, 0.15) is 0 Å². The average Bonchev–Trinajstić information content (AvgIpc) is 1.87. The van der Waals surface area contributed by atoms with Crippen molar-refractivity contribution in [2.24, 2.45) is 5.73 Å². The van der Waals surface area contributed by atoms with Gasteiger partial charge in [-0.3, -0.25) is 0 Å². The number of hydrogen-bond acceptors (Lipinski definition) is 2. The molecule has 0 radical (unpaired) electrons. The van der Waals surface area contributed by atoms with Crippen molar-refractivity contribution >= 4 is 20.2 Å². The Labute approximate surface area is 71.4 Å². The maximum absolute atomic E-state index is 5.60. The molecule has 0 amide bonds. The van der Waals surface area contributed by atoms with Gasteiger partial charge in [-0.2, -0.15) is 0 Å². The molecule has 0 spiro atoms. The molecule has 10 heavy (non-hydrogen) atoms. The van der Waals surface area contributed by atoms with Gasteiger partial charge in [-0.15, -0.1) is 0 Å². The zero-order valence-electron chi connectivity index (χ0n) is 7.18. The van der Waals surface area contributed by atoms with Crippen LogP contribution in [-0.2, 0) is 3.07 Å². The third kappa shape index (κ3) is 6.83. The van der Waals surface area contributed by atoms with Crippen molar-refractivity contribution < 1.29 is 3.07 Å². The molecule has 0 aromatic carbocycles. The van der Waals surface area contributed by atoms with Crippen LogP contribution in [0.2, 0.25) is 9.38 Å². The average molecular weight is 251 g/mol. The summed E-state index contributed by atoms with van der Waals surface area (Å²) in [5, 5.41) is 0. The number of nitrogens with two attached hydrogens (primary N) is 1. The van der Waals surface area contributed by atoms with Gasteiger partial charge >= 0.3 is 71.3 Å². The van der Waals surface area contributed by atoms with Gasteiger partial charge in [0.25, 0.3) is 0 Å². The second-order valence-electron chi connectivity index (χ2n) is 2.78. The van der Waals surface area contributed by atoms with Crippen LogP contribution in [0.25, 0.3) is 0 Å². The van der Waals surface area contributed by atoms with Gasteiger partial charge in [0, 0.05) is 0 Å². The van der Waals surface area contributed by atoms with Gasteiger partial charge in [0.15, 0.2) is 0 Å². The summed E-state index contributed by atoms with van der Waals surface area (Å²) in [5.74, 6) is 0. The molecule has 0 aliphatic heterocycles. The van der Waals surface area contributed by atoms with E-state index in [0.29, 0.717) is 6.04 Å². The fourth-order valence-corrected chi connectivity index (χ4v) is 3.36. The summed E-state index contributed by atoms with van der Waals surface area (Å²) in [6.45, 7) is 2.06. The van der Waals surface area contributed by atoms with E-state index in [1.165, 1.54) is 10.9 Å². The van der Waals surface area contributed by atoms with Crippen molar-refractivity contribution in [3.63, 3.8) is 0 Å². The second kappa shape index (κ2) is 6.43. The Morgan fingerprint density at radius 1 is 1.60 bits per heavy atom. The van der Waals surface area contributed by atoms with Crippen molar-refractivity contribution in [3.05, 3.63) is 0 Å². The molecule has 2 N–H and O–H groups in total. The van der Waals surface area contributed by atoms with Crippen LogP contribution in [-0.4, -0.2) is 33.3 Å². The third-order valence-corrected chi connectivity index (χ3v) is 6.54. The topological polar surface area (TPSA) is 35.2 Å². The van der Waals surface area contributed by atoms with E-state index in [0.717, 1.165) is 6.42 Å². The van der Waals surface area contributed by atoms with Crippen LogP contribution in [0.5, 0.6) is 0 Å². The van der Waals surface area contributed by atoms with Gasteiger partial charge in [0.05, 0.1) is 0 Å². The molecule has 0 heterocycles. The number of rotatable bonds is 5. The van der Waals surface area contributed by atoms with E-state index in [9.17, 15) is 0 Å². The Balaban J connectivity index is 3.03. The van der Waals surface area contributed by atoms with Crippen LogP contribution >= 0.6 is 0 Å². The van der Waals surface area contributed by atoms with Crippen LogP contribution in [0.4, 0.5) is 0 Å². The van der Waals surface area contributed by atoms with Crippen LogP contribution < -0.4 is 5.73 Å². The van der Waals surface area contributed by atoms with Crippen LogP contribution in [0.3, 0.4) is 0 Å². The minimum absolute atomic E-state index is 0.369. The van der Waals surface area contributed by atoms with E-state index in [2.05, 4.69) is 11.9 Å². The van der Waals surface area contributed by atoms with E-state index >= 15 is 0 Å². The van der Waals surface area contributed by atoms with Crippen molar-refractivity contribution in [2.45, 2.75) is 35.2 Å². The van der Waals surface area contributed by atoms with Gasteiger partial charge in [-0.1, -0.05) is 0 Å². The molecule has 2 nitrogen and oxygen atoms in total. The fourth-order valence-electron chi connectivity index (χ4n) is 0.775. The standard InChI is InChI=1S/C5H12N.CH3O.CH3.Sn/c1-3-4-5(2)6;1-2;;/h5H,1,3-4,6H2,2H3;1H3;1H3;/q;-1;;+2. The summed E-state index contributed by atoms with van der Waals surface area (Å²) in [4.78, 5) is 2.28. The quantitative estimate of drug-likeness (QED) is 0.749. The summed E-state index contributed by atoms with van der Waals surface area (Å²) >= 11 is -1.29. The Bertz CT molecular complexity index is 78.0. The molecule has 1 unspecified atom stereocenters. The summed E-state index contributed by atoms with van der Waals surface area (Å²) in [6, 6.07) is 0.369. The first-order chi connectivity index (χ1) is 4.66. The van der Waals surface area contributed by atoms with E-state index in [-0.39, 0.29) is 0 Å². The zero-order valence-corrected chi connectivity index (χ0v) is 10.0. The normalized spacial score (nSPS) is 13.2. The molecule has 0 aromatic rings. The van der Waals surface area contributed by atoms with Gasteiger partial charge in [-0.25, -0.2) is 0 Å². The Hall–Kier alpha value is 0.719. The Morgan fingerprint density at radius 2 is 2.20 bits per heavy atom. The predicted octanol–water partition coefficient (Wildman–Crippen LogP) is 1.38. The molecule has 3 heteroatoms. The molecule has 0 aliphatic carbocycles. The van der Waals surface area contributed by atoms with Gasteiger partial charge in [0.2, 0.25) is 0 Å². The van der Waals surface area contributed by atoms with E-state index in [1.54, 1.807) is 0 Å². The molecule has 1 atom stereocenters. The predicted molar refractivity (Wildman–Crippen MR) is 46.3 cm³/mol. The fraction of sp³-hybridized carbons (Fsp3) is 1.00. The first-order valence-corrected chi connectivity index (χ1v) is 9.82. The molecule has 0 aromatic heterocycles. The summed E-state index contributed by atoms with van der Waals surface area (Å²) in [6.07, 6.45) is 2.41. The van der Waals surface area contributed by atoms with Crippen molar-refractivity contribution in [3.8, 4) is 0 Å². The summed E-state index contributed by atoms with van der Waals surface area (Å²) < 4.78 is 6.61. The number of hydrogen-bond donors (Lipinski definition) is 1. The second-order valence-corrected chi connectivity index (χ2v) is 9.38. The molecule has 0 saturated carbocycles. The molecular weight excluding hydrogens is 233 g/mol. The van der Waals surface area contributed by atoms with E-state index in [4.69, 9.17) is 8.81 Å². The van der Waals surface area contributed by atoms with Crippen LogP contribution in [0, 0.1) is 0 Å². The van der Waals surface area contributed by atoms with Gasteiger partial charge in [-0.05, 0) is 0 Å². The molecular formula is C7H18NOSn+.